The molecule has 0 aliphatic carbocycles. The van der Waals surface area contributed by atoms with E-state index in [2.05, 4.69) is 25.7 Å². The molecule has 0 spiro atoms. The second-order valence-corrected chi connectivity index (χ2v) is 3.53. The van der Waals surface area contributed by atoms with Gasteiger partial charge >= 0.3 is 5.97 Å². The normalized spacial score (nSPS) is 10.4. The average Bonchev–Trinajstić information content (AvgIpc) is 2.26. The van der Waals surface area contributed by atoms with Crippen molar-refractivity contribution in [2.24, 2.45) is 0 Å². The smallest absolute Gasteiger partial charge is 0.347 e. The Hall–Kier alpha value is -1.64. The molecule has 0 aliphatic rings. The van der Waals surface area contributed by atoms with E-state index in [0.29, 0.717) is 6.20 Å². The highest BCUT2D eigenvalue weighted by Gasteiger charge is 2.32. The minimum absolute atomic E-state index is 0.222. The van der Waals surface area contributed by atoms with Crippen LogP contribution in [0, 0.1) is 10.1 Å². The third-order valence-corrected chi connectivity index (χ3v) is 2.44. The van der Waals surface area contributed by atoms with E-state index in [-0.39, 0.29) is 4.60 Å². The van der Waals surface area contributed by atoms with Crippen LogP contribution in [-0.2, 0) is 4.74 Å². The Labute approximate surface area is 102 Å². The lowest BCUT2D eigenvalue weighted by molar-refractivity contribution is -0.386. The Bertz CT molecular complexity index is 481. The van der Waals surface area contributed by atoms with E-state index in [9.17, 15) is 23.7 Å². The Morgan fingerprint density at radius 2 is 2.24 bits per heavy atom. The Balaban J connectivity index is 3.60. The second-order valence-electron chi connectivity index (χ2n) is 2.78. The highest BCUT2D eigenvalue weighted by atomic mass is 79.9. The van der Waals surface area contributed by atoms with Gasteiger partial charge in [-0.05, 0) is 15.9 Å². The molecular formula is C8H5BrF2N2O4. The first-order valence-electron chi connectivity index (χ1n) is 4.09. The van der Waals surface area contributed by atoms with Crippen molar-refractivity contribution in [1.29, 1.82) is 0 Å². The van der Waals surface area contributed by atoms with E-state index in [1.807, 2.05) is 0 Å². The summed E-state index contributed by atoms with van der Waals surface area (Å²) in [4.78, 5) is 24.4. The van der Waals surface area contributed by atoms with Gasteiger partial charge in [-0.15, -0.1) is 0 Å². The summed E-state index contributed by atoms with van der Waals surface area (Å²) >= 11 is 2.78. The van der Waals surface area contributed by atoms with Gasteiger partial charge in [0.2, 0.25) is 0 Å². The fraction of sp³-hybridized carbons (Fsp3) is 0.250. The number of halogens is 3. The van der Waals surface area contributed by atoms with Crippen molar-refractivity contribution >= 4 is 27.6 Å². The zero-order valence-electron chi connectivity index (χ0n) is 8.32. The minimum Gasteiger partial charge on any atom is -0.465 e. The Kier molecular flexibility index (Phi) is 4.05. The van der Waals surface area contributed by atoms with Gasteiger partial charge < -0.3 is 4.74 Å². The number of nitrogens with zero attached hydrogens (tertiary/aromatic N) is 2. The molecule has 0 radical (unpaired) electrons. The van der Waals surface area contributed by atoms with Crippen molar-refractivity contribution < 1.29 is 23.2 Å². The molecule has 0 atom stereocenters. The number of carbonyl (C=O) groups excluding carboxylic acids is 1. The van der Waals surface area contributed by atoms with Crippen molar-refractivity contribution in [2.45, 2.75) is 6.43 Å². The van der Waals surface area contributed by atoms with Gasteiger partial charge in [-0.2, -0.15) is 0 Å². The monoisotopic (exact) mass is 310 g/mol. The summed E-state index contributed by atoms with van der Waals surface area (Å²) in [5.74, 6) is -1.11. The van der Waals surface area contributed by atoms with Crippen LogP contribution in [0.25, 0.3) is 0 Å². The molecule has 0 fully saturated rings. The molecule has 0 bridgehead atoms. The molecule has 0 aliphatic heterocycles. The van der Waals surface area contributed by atoms with Crippen LogP contribution in [0.15, 0.2) is 10.8 Å². The lowest BCUT2D eigenvalue weighted by Gasteiger charge is -2.07. The number of rotatable bonds is 3. The summed E-state index contributed by atoms with van der Waals surface area (Å²) < 4.78 is 29.2. The second kappa shape index (κ2) is 5.13. The third kappa shape index (κ3) is 2.54. The molecular weight excluding hydrogens is 306 g/mol. The molecule has 0 unspecified atom stereocenters. The van der Waals surface area contributed by atoms with Crippen LogP contribution >= 0.6 is 15.9 Å². The molecule has 1 rings (SSSR count). The number of ether oxygens (including phenoxy) is 1. The quantitative estimate of drug-likeness (QED) is 0.371. The van der Waals surface area contributed by atoms with Gasteiger partial charge in [0.25, 0.3) is 12.1 Å². The van der Waals surface area contributed by atoms with Crippen LogP contribution in [0.1, 0.15) is 22.3 Å². The summed E-state index contributed by atoms with van der Waals surface area (Å²) in [7, 11) is 0.980. The van der Waals surface area contributed by atoms with E-state index in [0.717, 1.165) is 7.11 Å². The molecule has 0 saturated heterocycles. The molecule has 17 heavy (non-hydrogen) atoms. The number of pyridine rings is 1. The van der Waals surface area contributed by atoms with Crippen molar-refractivity contribution in [2.75, 3.05) is 7.11 Å². The molecule has 0 amide bonds. The summed E-state index contributed by atoms with van der Waals surface area (Å²) in [5.41, 5.74) is -2.57. The van der Waals surface area contributed by atoms with Gasteiger partial charge in [0, 0.05) is 6.20 Å². The van der Waals surface area contributed by atoms with E-state index < -0.39 is 34.1 Å². The van der Waals surface area contributed by atoms with Crippen LogP contribution in [-0.4, -0.2) is 23.0 Å². The molecule has 0 N–H and O–H groups in total. The van der Waals surface area contributed by atoms with Gasteiger partial charge in [0.15, 0.2) is 5.56 Å². The summed E-state index contributed by atoms with van der Waals surface area (Å²) in [5, 5.41) is 10.7. The summed E-state index contributed by atoms with van der Waals surface area (Å²) in [6.45, 7) is 0. The molecule has 1 aromatic heterocycles. The molecule has 92 valence electrons. The SMILES string of the molecule is COC(=O)c1c(Br)ncc(C(F)F)c1[N+](=O)[O-]. The first kappa shape index (κ1) is 13.4. The number of carbonyl (C=O) groups is 1. The number of methoxy groups -OCH3 is 1. The van der Waals surface area contributed by atoms with Gasteiger partial charge in [-0.1, -0.05) is 0 Å². The average molecular weight is 311 g/mol. The van der Waals surface area contributed by atoms with Gasteiger partial charge in [0.1, 0.15) is 10.2 Å². The molecule has 0 saturated carbocycles. The van der Waals surface area contributed by atoms with Gasteiger partial charge in [-0.3, -0.25) is 10.1 Å². The Morgan fingerprint density at radius 3 is 2.65 bits per heavy atom. The van der Waals surface area contributed by atoms with Crippen LogP contribution < -0.4 is 0 Å². The largest absolute Gasteiger partial charge is 0.465 e. The van der Waals surface area contributed by atoms with Crippen LogP contribution in [0.5, 0.6) is 0 Å². The highest BCUT2D eigenvalue weighted by Crippen LogP contribution is 2.34. The zero-order chi connectivity index (χ0) is 13.2. The van der Waals surface area contributed by atoms with Crippen molar-refractivity contribution in [3.8, 4) is 0 Å². The first-order valence-corrected chi connectivity index (χ1v) is 4.88. The van der Waals surface area contributed by atoms with Crippen molar-refractivity contribution in [3.63, 3.8) is 0 Å². The van der Waals surface area contributed by atoms with E-state index in [1.54, 1.807) is 0 Å². The van der Waals surface area contributed by atoms with E-state index >= 15 is 0 Å². The number of esters is 1. The lowest BCUT2D eigenvalue weighted by Crippen LogP contribution is -2.10. The lowest BCUT2D eigenvalue weighted by atomic mass is 10.1. The van der Waals surface area contributed by atoms with Crippen LogP contribution in [0.3, 0.4) is 0 Å². The zero-order valence-corrected chi connectivity index (χ0v) is 9.90. The maximum Gasteiger partial charge on any atom is 0.347 e. The molecule has 9 heteroatoms. The number of hydrogen-bond donors (Lipinski definition) is 0. The summed E-state index contributed by atoms with van der Waals surface area (Å²) in [6.07, 6.45) is -2.47. The molecule has 1 aromatic rings. The fourth-order valence-electron chi connectivity index (χ4n) is 1.13. The standard InChI is InChI=1S/C8H5BrF2N2O4/c1-17-8(14)4-5(13(15)16)3(7(10)11)2-12-6(4)9/h2,7H,1H3. The van der Waals surface area contributed by atoms with E-state index in [4.69, 9.17) is 0 Å². The van der Waals surface area contributed by atoms with Crippen molar-refractivity contribution in [1.82, 2.24) is 4.98 Å². The highest BCUT2D eigenvalue weighted by molar-refractivity contribution is 9.10. The predicted octanol–water partition coefficient (Wildman–Crippen LogP) is 2.48. The summed E-state index contributed by atoms with van der Waals surface area (Å²) in [6, 6.07) is 0. The third-order valence-electron chi connectivity index (χ3n) is 1.84. The molecule has 6 nitrogen and oxygen atoms in total. The number of nitro groups is 1. The van der Waals surface area contributed by atoms with Crippen molar-refractivity contribution in [3.05, 3.63) is 32.0 Å². The fourth-order valence-corrected chi connectivity index (χ4v) is 1.59. The maximum absolute atomic E-state index is 12.6. The van der Waals surface area contributed by atoms with E-state index in [1.165, 1.54) is 0 Å². The minimum atomic E-state index is -3.11. The van der Waals surface area contributed by atoms with Gasteiger partial charge in [-0.25, -0.2) is 18.6 Å². The molecule has 0 aromatic carbocycles. The number of hydrogen-bond acceptors (Lipinski definition) is 5. The van der Waals surface area contributed by atoms with Crippen LogP contribution in [0.2, 0.25) is 0 Å². The van der Waals surface area contributed by atoms with Gasteiger partial charge in [0.05, 0.1) is 12.0 Å². The maximum atomic E-state index is 12.6. The Morgan fingerprint density at radius 1 is 1.65 bits per heavy atom. The predicted molar refractivity (Wildman–Crippen MR) is 54.9 cm³/mol. The first-order chi connectivity index (χ1) is 7.90. The van der Waals surface area contributed by atoms with Crippen LogP contribution in [0.4, 0.5) is 14.5 Å². The molecule has 1 heterocycles. The number of aromatic nitrogens is 1. The topological polar surface area (TPSA) is 82.3 Å². The number of alkyl halides is 2.